The van der Waals surface area contributed by atoms with E-state index < -0.39 is 0 Å². The standard InChI is InChI=1S/C24H24Cl2N4O/c25-18-7-3-6-17(21(18)26)19-13-28-23(20(14-31)29-19)30-10-8-24(9-11-30)12-15-4-1-2-5-16(15)22(24)27/h1-7,13,22,31H,8-12,14,27H2/t22-/m1/s1. The highest BCUT2D eigenvalue weighted by Crippen LogP contribution is 2.51. The summed E-state index contributed by atoms with van der Waals surface area (Å²) in [4.78, 5) is 11.5. The lowest BCUT2D eigenvalue weighted by Gasteiger charge is -2.42. The number of nitrogens with two attached hydrogens (primary N) is 1. The maximum Gasteiger partial charge on any atom is 0.152 e. The van der Waals surface area contributed by atoms with Crippen LogP contribution in [0, 0.1) is 5.41 Å². The predicted octanol–water partition coefficient (Wildman–Crippen LogP) is 4.79. The molecule has 0 bridgehead atoms. The second-order valence-electron chi connectivity index (χ2n) is 8.49. The zero-order chi connectivity index (χ0) is 21.6. The van der Waals surface area contributed by atoms with E-state index in [0.717, 1.165) is 38.2 Å². The Balaban J connectivity index is 1.38. The molecule has 1 saturated heterocycles. The Hall–Kier alpha value is -2.18. The molecule has 5 nitrogen and oxygen atoms in total. The topological polar surface area (TPSA) is 75.3 Å². The van der Waals surface area contributed by atoms with Crippen LogP contribution in [0.25, 0.3) is 11.3 Å². The third-order valence-electron chi connectivity index (χ3n) is 6.85. The van der Waals surface area contributed by atoms with Gasteiger partial charge in [-0.15, -0.1) is 0 Å². The number of aliphatic hydroxyl groups is 1. The molecule has 2 heterocycles. The van der Waals surface area contributed by atoms with Crippen molar-refractivity contribution in [3.8, 4) is 11.3 Å². The van der Waals surface area contributed by atoms with Gasteiger partial charge in [-0.25, -0.2) is 9.97 Å². The first-order valence-electron chi connectivity index (χ1n) is 10.5. The Morgan fingerprint density at radius 3 is 2.61 bits per heavy atom. The second kappa shape index (κ2) is 8.06. The lowest BCUT2D eigenvalue weighted by Crippen LogP contribution is -2.45. The third kappa shape index (κ3) is 3.50. The number of aliphatic hydroxyl groups excluding tert-OH is 1. The van der Waals surface area contributed by atoms with Gasteiger partial charge in [-0.3, -0.25) is 0 Å². The van der Waals surface area contributed by atoms with Gasteiger partial charge in [0.2, 0.25) is 0 Å². The Morgan fingerprint density at radius 1 is 1.10 bits per heavy atom. The number of aromatic nitrogens is 2. The van der Waals surface area contributed by atoms with Crippen molar-refractivity contribution in [1.29, 1.82) is 0 Å². The fourth-order valence-corrected chi connectivity index (χ4v) is 5.49. The highest BCUT2D eigenvalue weighted by molar-refractivity contribution is 6.43. The van der Waals surface area contributed by atoms with Crippen LogP contribution in [0.4, 0.5) is 5.82 Å². The number of hydrogen-bond donors (Lipinski definition) is 2. The van der Waals surface area contributed by atoms with E-state index in [4.69, 9.17) is 28.9 Å². The zero-order valence-electron chi connectivity index (χ0n) is 17.1. The van der Waals surface area contributed by atoms with E-state index in [1.54, 1.807) is 12.3 Å². The lowest BCUT2D eigenvalue weighted by molar-refractivity contribution is 0.186. The van der Waals surface area contributed by atoms with Gasteiger partial charge in [-0.1, -0.05) is 59.6 Å². The second-order valence-corrected chi connectivity index (χ2v) is 9.27. The molecule has 1 aliphatic heterocycles. The highest BCUT2D eigenvalue weighted by atomic mass is 35.5. The van der Waals surface area contributed by atoms with Crippen molar-refractivity contribution < 1.29 is 5.11 Å². The number of fused-ring (bicyclic) bond motifs is 1. The van der Waals surface area contributed by atoms with Gasteiger partial charge in [0.25, 0.3) is 0 Å². The summed E-state index contributed by atoms with van der Waals surface area (Å²) < 4.78 is 0. The van der Waals surface area contributed by atoms with Crippen molar-refractivity contribution in [3.05, 3.63) is 75.5 Å². The number of anilines is 1. The van der Waals surface area contributed by atoms with Crippen molar-refractivity contribution in [2.75, 3.05) is 18.0 Å². The van der Waals surface area contributed by atoms with Gasteiger partial charge in [0.15, 0.2) is 5.82 Å². The van der Waals surface area contributed by atoms with Crippen LogP contribution in [0.5, 0.6) is 0 Å². The van der Waals surface area contributed by atoms with Gasteiger partial charge >= 0.3 is 0 Å². The van der Waals surface area contributed by atoms with Crippen LogP contribution in [0.15, 0.2) is 48.7 Å². The minimum Gasteiger partial charge on any atom is -0.390 e. The van der Waals surface area contributed by atoms with Gasteiger partial charge in [0.05, 0.1) is 28.5 Å². The molecule has 0 amide bonds. The quantitative estimate of drug-likeness (QED) is 0.594. The molecule has 0 saturated carbocycles. The zero-order valence-corrected chi connectivity index (χ0v) is 18.6. The van der Waals surface area contributed by atoms with E-state index in [1.165, 1.54) is 11.1 Å². The van der Waals surface area contributed by atoms with Crippen molar-refractivity contribution in [3.63, 3.8) is 0 Å². The van der Waals surface area contributed by atoms with E-state index in [1.807, 2.05) is 12.1 Å². The van der Waals surface area contributed by atoms with Crippen LogP contribution >= 0.6 is 23.2 Å². The molecule has 1 atom stereocenters. The van der Waals surface area contributed by atoms with E-state index >= 15 is 0 Å². The summed E-state index contributed by atoms with van der Waals surface area (Å²) in [5.74, 6) is 0.725. The average molecular weight is 455 g/mol. The van der Waals surface area contributed by atoms with Crippen LogP contribution < -0.4 is 10.6 Å². The molecular formula is C24H24Cl2N4O. The molecule has 1 fully saturated rings. The van der Waals surface area contributed by atoms with Crippen LogP contribution in [0.3, 0.4) is 0 Å². The molecule has 1 aromatic heterocycles. The molecule has 3 N–H and O–H groups in total. The summed E-state index contributed by atoms with van der Waals surface area (Å²) in [6, 6.07) is 14.0. The van der Waals surface area contributed by atoms with Gasteiger partial charge in [-0.2, -0.15) is 0 Å². The normalized spacial score (nSPS) is 19.6. The number of benzene rings is 2. The first-order chi connectivity index (χ1) is 15.0. The minimum absolute atomic E-state index is 0.0709. The largest absolute Gasteiger partial charge is 0.390 e. The number of nitrogens with zero attached hydrogens (tertiary/aromatic N) is 3. The van der Waals surface area contributed by atoms with Gasteiger partial charge in [-0.05, 0) is 41.9 Å². The molecule has 2 aromatic carbocycles. The van der Waals surface area contributed by atoms with Crippen molar-refractivity contribution >= 4 is 29.0 Å². The molecule has 3 aromatic rings. The molecule has 160 valence electrons. The Bertz CT molecular complexity index is 1130. The molecule has 1 spiro atoms. The SMILES string of the molecule is N[C@@H]1c2ccccc2CC12CCN(c1ncc(-c3cccc(Cl)c3Cl)nc1CO)CC2. The number of rotatable bonds is 3. The lowest BCUT2D eigenvalue weighted by atomic mass is 9.73. The van der Waals surface area contributed by atoms with Crippen molar-refractivity contribution in [2.45, 2.75) is 31.9 Å². The fourth-order valence-electron chi connectivity index (χ4n) is 5.09. The van der Waals surface area contributed by atoms with Crippen LogP contribution in [0.1, 0.15) is 35.7 Å². The van der Waals surface area contributed by atoms with Gasteiger partial charge in [0.1, 0.15) is 5.69 Å². The molecule has 0 unspecified atom stereocenters. The van der Waals surface area contributed by atoms with Crippen LogP contribution in [0.2, 0.25) is 10.0 Å². The molecule has 2 aliphatic rings. The monoisotopic (exact) mass is 454 g/mol. The highest BCUT2D eigenvalue weighted by Gasteiger charge is 2.46. The number of piperidine rings is 1. The summed E-state index contributed by atoms with van der Waals surface area (Å²) >= 11 is 12.5. The molecule has 0 radical (unpaired) electrons. The fraction of sp³-hybridized carbons (Fsp3) is 0.333. The number of halogens is 2. The molecule has 5 rings (SSSR count). The van der Waals surface area contributed by atoms with E-state index in [2.05, 4.69) is 39.1 Å². The first-order valence-corrected chi connectivity index (χ1v) is 11.3. The maximum atomic E-state index is 10.0. The van der Waals surface area contributed by atoms with Crippen LogP contribution in [-0.4, -0.2) is 28.2 Å². The molecule has 7 heteroatoms. The average Bonchev–Trinajstić information content (AvgIpc) is 3.07. The first kappa shape index (κ1) is 20.7. The summed E-state index contributed by atoms with van der Waals surface area (Å²) in [6.45, 7) is 1.47. The van der Waals surface area contributed by atoms with Gasteiger partial charge in [0, 0.05) is 24.7 Å². The van der Waals surface area contributed by atoms with E-state index in [9.17, 15) is 5.11 Å². The molecule has 1 aliphatic carbocycles. The molecular weight excluding hydrogens is 431 g/mol. The summed E-state index contributed by atoms with van der Waals surface area (Å²) in [5.41, 5.74) is 11.3. The summed E-state index contributed by atoms with van der Waals surface area (Å²) in [7, 11) is 0. The van der Waals surface area contributed by atoms with Crippen LogP contribution in [-0.2, 0) is 13.0 Å². The van der Waals surface area contributed by atoms with Crippen molar-refractivity contribution in [1.82, 2.24) is 9.97 Å². The minimum atomic E-state index is -0.193. The predicted molar refractivity (Wildman–Crippen MR) is 124 cm³/mol. The third-order valence-corrected chi connectivity index (χ3v) is 7.67. The Labute approximate surface area is 191 Å². The van der Waals surface area contributed by atoms with E-state index in [-0.39, 0.29) is 18.1 Å². The summed E-state index contributed by atoms with van der Waals surface area (Å²) in [6.07, 6.45) is 4.70. The van der Waals surface area contributed by atoms with Gasteiger partial charge < -0.3 is 15.7 Å². The van der Waals surface area contributed by atoms with E-state index in [0.29, 0.717) is 27.0 Å². The molecule has 31 heavy (non-hydrogen) atoms. The smallest absolute Gasteiger partial charge is 0.152 e. The Kier molecular flexibility index (Phi) is 5.39. The maximum absolute atomic E-state index is 10.0. The van der Waals surface area contributed by atoms with Crippen molar-refractivity contribution in [2.24, 2.45) is 11.1 Å². The summed E-state index contributed by atoms with van der Waals surface area (Å²) in [5, 5.41) is 10.9. The number of hydrogen-bond acceptors (Lipinski definition) is 5. The Morgan fingerprint density at radius 2 is 1.87 bits per heavy atom.